The van der Waals surface area contributed by atoms with Crippen molar-refractivity contribution in [3.05, 3.63) is 45.6 Å². The van der Waals surface area contributed by atoms with Gasteiger partial charge in [0.1, 0.15) is 12.0 Å². The highest BCUT2D eigenvalue weighted by Crippen LogP contribution is 2.32. The number of hydrogen-bond acceptors (Lipinski definition) is 5. The first kappa shape index (κ1) is 14.0. The van der Waals surface area contributed by atoms with Crippen LogP contribution in [0.15, 0.2) is 35.5 Å². The molecule has 0 aromatic carbocycles. The summed E-state index contributed by atoms with van der Waals surface area (Å²) in [6, 6.07) is 1.83. The smallest absolute Gasteiger partial charge is 0.288 e. The lowest BCUT2D eigenvalue weighted by atomic mass is 10.2. The summed E-state index contributed by atoms with van der Waals surface area (Å²) in [6.07, 6.45) is 8.98. The van der Waals surface area contributed by atoms with Gasteiger partial charge in [0.25, 0.3) is 5.69 Å². The standard InChI is InChI=1S/C13H14BrN5O2/c14-12-6-11(19(20)21)7-16-13(12)18-4-1-2-10(18)8-17-5-3-15-9-17/h3,5-7,9-10H,1-2,4,8H2. The molecule has 0 N–H and O–H groups in total. The van der Waals surface area contributed by atoms with E-state index in [0.717, 1.165) is 31.7 Å². The van der Waals surface area contributed by atoms with Gasteiger partial charge in [-0.1, -0.05) is 0 Å². The van der Waals surface area contributed by atoms with Gasteiger partial charge in [0, 0.05) is 37.6 Å². The molecule has 0 aliphatic carbocycles. The zero-order valence-corrected chi connectivity index (χ0v) is 12.8. The van der Waals surface area contributed by atoms with Crippen LogP contribution < -0.4 is 4.90 Å². The summed E-state index contributed by atoms with van der Waals surface area (Å²) in [5.74, 6) is 0.767. The Bertz CT molecular complexity index is 646. The third-order valence-electron chi connectivity index (χ3n) is 3.65. The van der Waals surface area contributed by atoms with Crippen molar-refractivity contribution in [1.29, 1.82) is 0 Å². The van der Waals surface area contributed by atoms with Crippen molar-refractivity contribution in [3.8, 4) is 0 Å². The molecule has 21 heavy (non-hydrogen) atoms. The van der Waals surface area contributed by atoms with E-state index in [0.29, 0.717) is 10.5 Å². The van der Waals surface area contributed by atoms with Gasteiger partial charge in [-0.3, -0.25) is 10.1 Å². The van der Waals surface area contributed by atoms with Crippen molar-refractivity contribution < 1.29 is 4.92 Å². The Labute approximate surface area is 129 Å². The van der Waals surface area contributed by atoms with E-state index < -0.39 is 4.92 Å². The van der Waals surface area contributed by atoms with Gasteiger partial charge in [0.2, 0.25) is 0 Å². The maximum Gasteiger partial charge on any atom is 0.288 e. The minimum atomic E-state index is -0.436. The molecular weight excluding hydrogens is 338 g/mol. The fraction of sp³-hybridized carbons (Fsp3) is 0.385. The van der Waals surface area contributed by atoms with Crippen LogP contribution in [0.1, 0.15) is 12.8 Å². The van der Waals surface area contributed by atoms with Gasteiger partial charge < -0.3 is 9.47 Å². The summed E-state index contributed by atoms with van der Waals surface area (Å²) in [7, 11) is 0. The minimum Gasteiger partial charge on any atom is -0.351 e. The fourth-order valence-electron chi connectivity index (χ4n) is 2.67. The highest BCUT2D eigenvalue weighted by atomic mass is 79.9. The average Bonchev–Trinajstić information content (AvgIpc) is 3.11. The van der Waals surface area contributed by atoms with Crippen LogP contribution in [0.2, 0.25) is 0 Å². The van der Waals surface area contributed by atoms with Crippen LogP contribution in [0.5, 0.6) is 0 Å². The van der Waals surface area contributed by atoms with Crippen molar-refractivity contribution >= 4 is 27.4 Å². The normalized spacial score (nSPS) is 18.1. The van der Waals surface area contributed by atoms with Gasteiger partial charge in [-0.15, -0.1) is 0 Å². The highest BCUT2D eigenvalue weighted by molar-refractivity contribution is 9.10. The Balaban J connectivity index is 1.83. The molecular formula is C13H14BrN5O2. The quantitative estimate of drug-likeness (QED) is 0.624. The molecule has 3 rings (SSSR count). The summed E-state index contributed by atoms with van der Waals surface area (Å²) in [5.41, 5.74) is -0.00372. The van der Waals surface area contributed by atoms with E-state index in [9.17, 15) is 10.1 Å². The monoisotopic (exact) mass is 351 g/mol. The van der Waals surface area contributed by atoms with Crippen LogP contribution in [0, 0.1) is 10.1 Å². The Hall–Kier alpha value is -1.96. The lowest BCUT2D eigenvalue weighted by Gasteiger charge is -2.26. The number of nitrogens with zero attached hydrogens (tertiary/aromatic N) is 5. The lowest BCUT2D eigenvalue weighted by molar-refractivity contribution is -0.385. The van der Waals surface area contributed by atoms with E-state index >= 15 is 0 Å². The van der Waals surface area contributed by atoms with Crippen molar-refractivity contribution in [3.63, 3.8) is 0 Å². The first-order chi connectivity index (χ1) is 10.1. The Morgan fingerprint density at radius 2 is 2.38 bits per heavy atom. The minimum absolute atomic E-state index is 0.00372. The zero-order chi connectivity index (χ0) is 14.8. The second-order valence-corrected chi connectivity index (χ2v) is 5.86. The van der Waals surface area contributed by atoms with Gasteiger partial charge in [-0.25, -0.2) is 9.97 Å². The molecule has 1 saturated heterocycles. The molecule has 1 aliphatic heterocycles. The number of imidazole rings is 1. The maximum absolute atomic E-state index is 10.8. The Morgan fingerprint density at radius 3 is 3.05 bits per heavy atom. The molecule has 7 nitrogen and oxygen atoms in total. The van der Waals surface area contributed by atoms with Crippen LogP contribution in [-0.4, -0.2) is 32.0 Å². The van der Waals surface area contributed by atoms with Crippen LogP contribution in [0.3, 0.4) is 0 Å². The molecule has 2 aromatic heterocycles. The van der Waals surface area contributed by atoms with Crippen molar-refractivity contribution in [1.82, 2.24) is 14.5 Å². The lowest BCUT2D eigenvalue weighted by Crippen LogP contribution is -2.33. The first-order valence-corrected chi connectivity index (χ1v) is 7.47. The van der Waals surface area contributed by atoms with Gasteiger partial charge in [-0.05, 0) is 28.8 Å². The van der Waals surface area contributed by atoms with Crippen molar-refractivity contribution in [2.45, 2.75) is 25.4 Å². The SMILES string of the molecule is O=[N+]([O-])c1cnc(N2CCCC2Cn2ccnc2)c(Br)c1. The summed E-state index contributed by atoms with van der Waals surface area (Å²) < 4.78 is 2.71. The molecule has 8 heteroatoms. The molecule has 0 radical (unpaired) electrons. The third-order valence-corrected chi connectivity index (χ3v) is 4.23. The second kappa shape index (κ2) is 5.80. The number of hydrogen-bond donors (Lipinski definition) is 0. The van der Waals surface area contributed by atoms with Crippen molar-refractivity contribution in [2.24, 2.45) is 0 Å². The summed E-state index contributed by atoms with van der Waals surface area (Å²) in [6.45, 7) is 1.74. The number of pyridine rings is 1. The topological polar surface area (TPSA) is 77.1 Å². The maximum atomic E-state index is 10.8. The predicted molar refractivity (Wildman–Crippen MR) is 81.2 cm³/mol. The zero-order valence-electron chi connectivity index (χ0n) is 11.2. The number of halogens is 1. The fourth-order valence-corrected chi connectivity index (χ4v) is 3.24. The molecule has 110 valence electrons. The van der Waals surface area contributed by atoms with Crippen LogP contribution in [-0.2, 0) is 6.54 Å². The summed E-state index contributed by atoms with van der Waals surface area (Å²) in [5, 5.41) is 10.8. The van der Waals surface area contributed by atoms with Crippen LogP contribution >= 0.6 is 15.9 Å². The molecule has 3 heterocycles. The van der Waals surface area contributed by atoms with Gasteiger partial charge >= 0.3 is 0 Å². The molecule has 1 unspecified atom stereocenters. The van der Waals surface area contributed by atoms with E-state index in [1.165, 1.54) is 12.3 Å². The second-order valence-electron chi connectivity index (χ2n) is 5.00. The molecule has 0 saturated carbocycles. The molecule has 0 bridgehead atoms. The highest BCUT2D eigenvalue weighted by Gasteiger charge is 2.28. The summed E-state index contributed by atoms with van der Waals surface area (Å²) in [4.78, 5) is 20.9. The third kappa shape index (κ3) is 2.90. The van der Waals surface area contributed by atoms with Gasteiger partial charge in [0.05, 0.1) is 15.7 Å². The van der Waals surface area contributed by atoms with E-state index in [2.05, 4.69) is 30.8 Å². The summed E-state index contributed by atoms with van der Waals surface area (Å²) >= 11 is 3.40. The van der Waals surface area contributed by atoms with Crippen molar-refractivity contribution in [2.75, 3.05) is 11.4 Å². The number of aromatic nitrogens is 3. The van der Waals surface area contributed by atoms with Gasteiger partial charge in [-0.2, -0.15) is 0 Å². The van der Waals surface area contributed by atoms with E-state index in [1.54, 1.807) is 12.5 Å². The number of nitro groups is 1. The Morgan fingerprint density at radius 1 is 1.52 bits per heavy atom. The molecule has 0 spiro atoms. The molecule has 1 aliphatic rings. The predicted octanol–water partition coefficient (Wildman–Crippen LogP) is 2.62. The number of rotatable bonds is 4. The van der Waals surface area contributed by atoms with E-state index in [1.807, 2.05) is 10.8 Å². The van der Waals surface area contributed by atoms with E-state index in [-0.39, 0.29) is 5.69 Å². The van der Waals surface area contributed by atoms with E-state index in [4.69, 9.17) is 0 Å². The molecule has 1 fully saturated rings. The number of anilines is 1. The first-order valence-electron chi connectivity index (χ1n) is 6.67. The molecule has 2 aromatic rings. The van der Waals surface area contributed by atoms with Gasteiger partial charge in [0.15, 0.2) is 0 Å². The van der Waals surface area contributed by atoms with Crippen LogP contribution in [0.25, 0.3) is 0 Å². The van der Waals surface area contributed by atoms with Crippen LogP contribution in [0.4, 0.5) is 11.5 Å². The Kier molecular flexibility index (Phi) is 3.87. The molecule has 1 atom stereocenters. The average molecular weight is 352 g/mol. The molecule has 0 amide bonds. The largest absolute Gasteiger partial charge is 0.351 e.